The van der Waals surface area contributed by atoms with E-state index in [-0.39, 0.29) is 5.97 Å². The van der Waals surface area contributed by atoms with Gasteiger partial charge in [0.05, 0.1) is 12.3 Å². The molecule has 4 nitrogen and oxygen atoms in total. The van der Waals surface area contributed by atoms with Crippen molar-refractivity contribution in [3.63, 3.8) is 0 Å². The van der Waals surface area contributed by atoms with Crippen LogP contribution in [0.2, 0.25) is 0 Å². The van der Waals surface area contributed by atoms with Gasteiger partial charge in [-0.15, -0.1) is 0 Å². The first kappa shape index (κ1) is 10.9. The van der Waals surface area contributed by atoms with Crippen LogP contribution < -0.4 is 0 Å². The maximum absolute atomic E-state index is 10.9. The number of nitrogens with zero attached hydrogens (tertiary/aromatic N) is 1. The summed E-state index contributed by atoms with van der Waals surface area (Å²) in [6, 6.07) is 0. The number of carbonyl (C=O) groups is 1. The molecule has 1 atom stereocenters. The predicted molar refractivity (Wildman–Crippen MR) is 46.0 cm³/mol. The molecule has 0 aromatic carbocycles. The van der Waals surface area contributed by atoms with E-state index in [1.54, 1.807) is 27.7 Å². The van der Waals surface area contributed by atoms with E-state index in [0.29, 0.717) is 6.61 Å². The second-order valence-electron chi connectivity index (χ2n) is 2.54. The maximum Gasteiger partial charge on any atom is 0.349 e. The minimum atomic E-state index is -0.625. The fraction of sp³-hybridized carbons (Fsp3) is 0.750. The summed E-state index contributed by atoms with van der Waals surface area (Å²) < 4.78 is 4.70. The fourth-order valence-electron chi connectivity index (χ4n) is 0.487. The molecule has 0 bridgehead atoms. The number of carbonyl (C=O) groups excluding carboxylic acids is 1. The molecule has 0 aliphatic heterocycles. The molecule has 4 heteroatoms. The summed E-state index contributed by atoms with van der Waals surface area (Å²) in [5.41, 5.74) is 0.770. The lowest BCUT2D eigenvalue weighted by Crippen LogP contribution is -2.21. The molecule has 0 N–H and O–H groups in total. The van der Waals surface area contributed by atoms with Crippen LogP contribution in [0.15, 0.2) is 5.16 Å². The Morgan fingerprint density at radius 1 is 1.50 bits per heavy atom. The molecule has 0 spiro atoms. The predicted octanol–water partition coefficient (Wildman–Crippen LogP) is 1.35. The van der Waals surface area contributed by atoms with Gasteiger partial charge in [0.2, 0.25) is 6.10 Å². The van der Waals surface area contributed by atoms with Gasteiger partial charge in [-0.3, -0.25) is 0 Å². The first-order valence-electron chi connectivity index (χ1n) is 3.91. The first-order valence-corrected chi connectivity index (χ1v) is 3.91. The van der Waals surface area contributed by atoms with Gasteiger partial charge in [0.15, 0.2) is 0 Å². The van der Waals surface area contributed by atoms with Crippen LogP contribution in [0.4, 0.5) is 0 Å². The molecule has 0 saturated heterocycles. The Kier molecular flexibility index (Phi) is 5.08. The Balaban J connectivity index is 3.79. The summed E-state index contributed by atoms with van der Waals surface area (Å²) in [4.78, 5) is 15.8. The van der Waals surface area contributed by atoms with Gasteiger partial charge >= 0.3 is 5.97 Å². The quantitative estimate of drug-likeness (QED) is 0.366. The molecule has 0 saturated carbocycles. The maximum atomic E-state index is 10.9. The van der Waals surface area contributed by atoms with E-state index in [0.717, 1.165) is 5.71 Å². The Morgan fingerprint density at radius 3 is 2.50 bits per heavy atom. The van der Waals surface area contributed by atoms with Gasteiger partial charge in [0.1, 0.15) is 0 Å². The van der Waals surface area contributed by atoms with Crippen LogP contribution in [0, 0.1) is 0 Å². The summed E-state index contributed by atoms with van der Waals surface area (Å²) in [6.07, 6.45) is -0.625. The van der Waals surface area contributed by atoms with E-state index in [9.17, 15) is 4.79 Å². The van der Waals surface area contributed by atoms with Crippen LogP contribution in [0.5, 0.6) is 0 Å². The number of ether oxygens (including phenoxy) is 1. The molecule has 0 aromatic rings. The molecule has 0 aromatic heterocycles. The molecular weight excluding hydrogens is 158 g/mol. The zero-order chi connectivity index (χ0) is 9.56. The number of hydrogen-bond acceptors (Lipinski definition) is 4. The number of oxime groups is 1. The summed E-state index contributed by atoms with van der Waals surface area (Å²) in [5.74, 6) is -0.387. The highest BCUT2D eigenvalue weighted by atomic mass is 16.7. The molecular formula is C8H15NO3. The zero-order valence-electron chi connectivity index (χ0n) is 7.96. The summed E-state index contributed by atoms with van der Waals surface area (Å²) in [7, 11) is 0. The largest absolute Gasteiger partial charge is 0.463 e. The molecule has 0 amide bonds. The van der Waals surface area contributed by atoms with Crippen molar-refractivity contribution in [2.75, 3.05) is 6.61 Å². The third-order valence-corrected chi connectivity index (χ3v) is 1.01. The lowest BCUT2D eigenvalue weighted by molar-refractivity contribution is -0.155. The summed E-state index contributed by atoms with van der Waals surface area (Å²) >= 11 is 0. The zero-order valence-corrected chi connectivity index (χ0v) is 7.96. The molecule has 12 heavy (non-hydrogen) atoms. The first-order chi connectivity index (χ1) is 5.57. The Morgan fingerprint density at radius 2 is 2.08 bits per heavy atom. The van der Waals surface area contributed by atoms with Crippen molar-refractivity contribution in [3.05, 3.63) is 0 Å². The van der Waals surface area contributed by atoms with E-state index < -0.39 is 6.10 Å². The van der Waals surface area contributed by atoms with Crippen molar-refractivity contribution in [2.45, 2.75) is 33.8 Å². The minimum absolute atomic E-state index is 0.362. The number of esters is 1. The Labute approximate surface area is 72.5 Å². The highest BCUT2D eigenvalue weighted by Crippen LogP contribution is 1.95. The molecule has 0 heterocycles. The topological polar surface area (TPSA) is 47.9 Å². The number of hydrogen-bond donors (Lipinski definition) is 0. The lowest BCUT2D eigenvalue weighted by atomic mass is 10.4. The molecule has 0 rings (SSSR count). The van der Waals surface area contributed by atoms with Crippen molar-refractivity contribution in [1.82, 2.24) is 0 Å². The molecule has 0 aliphatic rings. The fourth-order valence-corrected chi connectivity index (χ4v) is 0.487. The van der Waals surface area contributed by atoms with Crippen LogP contribution in [0.3, 0.4) is 0 Å². The van der Waals surface area contributed by atoms with Gasteiger partial charge in [-0.05, 0) is 27.7 Å². The highest BCUT2D eigenvalue weighted by molar-refractivity contribution is 5.79. The van der Waals surface area contributed by atoms with Crippen molar-refractivity contribution < 1.29 is 14.4 Å². The van der Waals surface area contributed by atoms with Crippen LogP contribution in [-0.2, 0) is 14.4 Å². The second kappa shape index (κ2) is 5.57. The van der Waals surface area contributed by atoms with E-state index in [4.69, 9.17) is 9.57 Å². The van der Waals surface area contributed by atoms with Gasteiger partial charge < -0.3 is 9.57 Å². The van der Waals surface area contributed by atoms with Crippen LogP contribution in [0.1, 0.15) is 27.7 Å². The third-order valence-electron chi connectivity index (χ3n) is 1.01. The lowest BCUT2D eigenvalue weighted by Gasteiger charge is -2.07. The monoisotopic (exact) mass is 173 g/mol. The summed E-state index contributed by atoms with van der Waals surface area (Å²) in [5, 5.41) is 3.64. The normalized spacial score (nSPS) is 11.7. The standard InChI is InChI=1S/C8H15NO3/c1-5-11-8(10)7(4)12-9-6(2)3/h7H,5H2,1-4H3/t7-/m1/s1. The van der Waals surface area contributed by atoms with Crippen molar-refractivity contribution in [3.8, 4) is 0 Å². The SMILES string of the molecule is CCOC(=O)[C@@H](C)ON=C(C)C. The Bertz CT molecular complexity index is 173. The van der Waals surface area contributed by atoms with E-state index in [1.165, 1.54) is 0 Å². The molecule has 0 aliphatic carbocycles. The smallest absolute Gasteiger partial charge is 0.349 e. The van der Waals surface area contributed by atoms with Gasteiger partial charge in [0, 0.05) is 0 Å². The van der Waals surface area contributed by atoms with Crippen molar-refractivity contribution >= 4 is 11.7 Å². The molecule has 0 radical (unpaired) electrons. The second-order valence-corrected chi connectivity index (χ2v) is 2.54. The molecule has 0 unspecified atom stereocenters. The molecule has 0 fully saturated rings. The van der Waals surface area contributed by atoms with Gasteiger partial charge in [-0.2, -0.15) is 0 Å². The number of rotatable bonds is 4. The van der Waals surface area contributed by atoms with Crippen LogP contribution in [0.25, 0.3) is 0 Å². The van der Waals surface area contributed by atoms with Crippen LogP contribution >= 0.6 is 0 Å². The van der Waals surface area contributed by atoms with E-state index in [2.05, 4.69) is 5.16 Å². The Hall–Kier alpha value is -1.06. The van der Waals surface area contributed by atoms with Crippen LogP contribution in [-0.4, -0.2) is 24.4 Å². The summed E-state index contributed by atoms with van der Waals surface area (Å²) in [6.45, 7) is 7.29. The highest BCUT2D eigenvalue weighted by Gasteiger charge is 2.14. The average Bonchev–Trinajstić information content (AvgIpc) is 2.00. The average molecular weight is 173 g/mol. The van der Waals surface area contributed by atoms with Crippen molar-refractivity contribution in [1.29, 1.82) is 0 Å². The van der Waals surface area contributed by atoms with Crippen molar-refractivity contribution in [2.24, 2.45) is 5.16 Å². The molecule has 70 valence electrons. The van der Waals surface area contributed by atoms with Gasteiger partial charge in [-0.1, -0.05) is 5.16 Å². The van der Waals surface area contributed by atoms with E-state index >= 15 is 0 Å². The van der Waals surface area contributed by atoms with Gasteiger partial charge in [-0.25, -0.2) is 4.79 Å². The van der Waals surface area contributed by atoms with Gasteiger partial charge in [0.25, 0.3) is 0 Å². The van der Waals surface area contributed by atoms with E-state index in [1.807, 2.05) is 0 Å². The third kappa shape index (κ3) is 4.71. The minimum Gasteiger partial charge on any atom is -0.463 e.